The Labute approximate surface area is 141 Å². The Morgan fingerprint density at radius 2 is 2.10 bits per heavy atom. The fourth-order valence-corrected chi connectivity index (χ4v) is 2.76. The standard InChI is InChI=1S/C14H19BrINO3/c1-14(2,3)20-13(18)17-7-4-8-19-12-6-5-10(16)9-11(12)15/h5-6,9H,4,7-8H2,1-3H3,(H,17,18). The summed E-state index contributed by atoms with van der Waals surface area (Å²) >= 11 is 5.70. The molecule has 0 heterocycles. The molecule has 112 valence electrons. The van der Waals surface area contributed by atoms with Gasteiger partial charge in [-0.25, -0.2) is 4.79 Å². The molecule has 0 aliphatic rings. The Morgan fingerprint density at radius 1 is 1.40 bits per heavy atom. The molecule has 0 saturated carbocycles. The predicted octanol–water partition coefficient (Wildman–Crippen LogP) is 4.35. The summed E-state index contributed by atoms with van der Waals surface area (Å²) in [6, 6.07) is 5.90. The third-order valence-corrected chi connectivity index (χ3v) is 3.43. The molecule has 1 amide bonds. The number of ether oxygens (including phenoxy) is 2. The zero-order chi connectivity index (χ0) is 15.2. The second-order valence-electron chi connectivity index (χ2n) is 5.21. The number of hydrogen-bond acceptors (Lipinski definition) is 3. The lowest BCUT2D eigenvalue weighted by Crippen LogP contribution is -2.33. The SMILES string of the molecule is CC(C)(C)OC(=O)NCCCOc1ccc(I)cc1Br. The van der Waals surface area contributed by atoms with E-state index < -0.39 is 11.7 Å². The minimum absolute atomic E-state index is 0.395. The van der Waals surface area contributed by atoms with Gasteiger partial charge >= 0.3 is 6.09 Å². The Kier molecular flexibility index (Phi) is 7.08. The minimum Gasteiger partial charge on any atom is -0.492 e. The number of carbonyl (C=O) groups is 1. The average Bonchev–Trinajstić information content (AvgIpc) is 2.28. The third-order valence-electron chi connectivity index (χ3n) is 2.14. The first-order chi connectivity index (χ1) is 9.28. The minimum atomic E-state index is -0.466. The van der Waals surface area contributed by atoms with Crippen LogP contribution in [0.5, 0.6) is 5.75 Å². The lowest BCUT2D eigenvalue weighted by Gasteiger charge is -2.19. The number of carbonyl (C=O) groups excluding carboxylic acids is 1. The molecule has 1 N–H and O–H groups in total. The van der Waals surface area contributed by atoms with E-state index in [2.05, 4.69) is 43.8 Å². The van der Waals surface area contributed by atoms with Crippen molar-refractivity contribution in [1.29, 1.82) is 0 Å². The summed E-state index contributed by atoms with van der Waals surface area (Å²) in [7, 11) is 0. The van der Waals surface area contributed by atoms with Gasteiger partial charge in [-0.3, -0.25) is 0 Å². The summed E-state index contributed by atoms with van der Waals surface area (Å²) in [5.74, 6) is 0.808. The van der Waals surface area contributed by atoms with Gasteiger partial charge in [0.1, 0.15) is 11.4 Å². The van der Waals surface area contributed by atoms with Gasteiger partial charge in [-0.05, 0) is 83.9 Å². The molecule has 6 heteroatoms. The molecule has 0 aromatic heterocycles. The highest BCUT2D eigenvalue weighted by molar-refractivity contribution is 14.1. The number of amides is 1. The molecular weight excluding hydrogens is 437 g/mol. The van der Waals surface area contributed by atoms with Gasteiger partial charge in [-0.2, -0.15) is 0 Å². The molecule has 4 nitrogen and oxygen atoms in total. The smallest absolute Gasteiger partial charge is 0.407 e. The Balaban J connectivity index is 2.21. The molecule has 0 fully saturated rings. The maximum Gasteiger partial charge on any atom is 0.407 e. The van der Waals surface area contributed by atoms with Gasteiger partial charge in [0.05, 0.1) is 11.1 Å². The molecule has 1 rings (SSSR count). The van der Waals surface area contributed by atoms with Crippen molar-refractivity contribution in [2.75, 3.05) is 13.2 Å². The van der Waals surface area contributed by atoms with Crippen LogP contribution in [0.25, 0.3) is 0 Å². The van der Waals surface area contributed by atoms with Gasteiger partial charge < -0.3 is 14.8 Å². The molecular formula is C14H19BrINO3. The number of rotatable bonds is 5. The van der Waals surface area contributed by atoms with Crippen LogP contribution in [0, 0.1) is 3.57 Å². The van der Waals surface area contributed by atoms with Gasteiger partial charge in [-0.1, -0.05) is 0 Å². The summed E-state index contributed by atoms with van der Waals surface area (Å²) in [4.78, 5) is 11.4. The molecule has 0 saturated heterocycles. The largest absolute Gasteiger partial charge is 0.492 e. The lowest BCUT2D eigenvalue weighted by atomic mass is 10.2. The normalized spacial score (nSPS) is 11.1. The maximum atomic E-state index is 11.4. The van der Waals surface area contributed by atoms with E-state index in [1.807, 2.05) is 39.0 Å². The number of benzene rings is 1. The summed E-state index contributed by atoms with van der Waals surface area (Å²) in [5.41, 5.74) is -0.466. The molecule has 0 aliphatic heterocycles. The van der Waals surface area contributed by atoms with Crippen molar-refractivity contribution in [2.24, 2.45) is 0 Å². The van der Waals surface area contributed by atoms with Gasteiger partial charge in [0.2, 0.25) is 0 Å². The molecule has 1 aromatic rings. The Hall–Kier alpha value is -0.500. The lowest BCUT2D eigenvalue weighted by molar-refractivity contribution is 0.0525. The monoisotopic (exact) mass is 455 g/mol. The maximum absolute atomic E-state index is 11.4. The highest BCUT2D eigenvalue weighted by Gasteiger charge is 2.15. The van der Waals surface area contributed by atoms with E-state index in [9.17, 15) is 4.79 Å². The number of hydrogen-bond donors (Lipinski definition) is 1. The van der Waals surface area contributed by atoms with Crippen LogP contribution in [0.4, 0.5) is 4.79 Å². The highest BCUT2D eigenvalue weighted by atomic mass is 127. The van der Waals surface area contributed by atoms with Gasteiger partial charge in [-0.15, -0.1) is 0 Å². The van der Waals surface area contributed by atoms with Crippen LogP contribution < -0.4 is 10.1 Å². The average molecular weight is 456 g/mol. The van der Waals surface area contributed by atoms with Gasteiger partial charge in [0.15, 0.2) is 0 Å². The molecule has 1 aromatic carbocycles. The zero-order valence-electron chi connectivity index (χ0n) is 11.8. The van der Waals surface area contributed by atoms with Crippen molar-refractivity contribution < 1.29 is 14.3 Å². The van der Waals surface area contributed by atoms with Crippen LogP contribution in [0.1, 0.15) is 27.2 Å². The van der Waals surface area contributed by atoms with Crippen molar-refractivity contribution in [3.63, 3.8) is 0 Å². The van der Waals surface area contributed by atoms with E-state index in [1.165, 1.54) is 0 Å². The second-order valence-corrected chi connectivity index (χ2v) is 7.31. The topological polar surface area (TPSA) is 47.6 Å². The van der Waals surface area contributed by atoms with Gasteiger partial charge in [0.25, 0.3) is 0 Å². The summed E-state index contributed by atoms with van der Waals surface area (Å²) in [5, 5.41) is 2.70. The molecule has 0 bridgehead atoms. The first-order valence-electron chi connectivity index (χ1n) is 6.32. The van der Waals surface area contributed by atoms with Gasteiger partial charge in [0, 0.05) is 10.1 Å². The van der Waals surface area contributed by atoms with Crippen molar-refractivity contribution in [3.8, 4) is 5.75 Å². The van der Waals surface area contributed by atoms with Crippen LogP contribution in [0.15, 0.2) is 22.7 Å². The fraction of sp³-hybridized carbons (Fsp3) is 0.500. The van der Waals surface area contributed by atoms with E-state index >= 15 is 0 Å². The molecule has 0 radical (unpaired) electrons. The predicted molar refractivity (Wildman–Crippen MR) is 91.2 cm³/mol. The first-order valence-corrected chi connectivity index (χ1v) is 8.20. The van der Waals surface area contributed by atoms with Crippen LogP contribution in [-0.2, 0) is 4.74 Å². The summed E-state index contributed by atoms with van der Waals surface area (Å²) in [6.45, 7) is 6.57. The van der Waals surface area contributed by atoms with E-state index in [0.717, 1.165) is 20.2 Å². The van der Waals surface area contributed by atoms with Crippen molar-refractivity contribution >= 4 is 44.6 Å². The first kappa shape index (κ1) is 17.6. The van der Waals surface area contributed by atoms with Crippen molar-refractivity contribution in [2.45, 2.75) is 32.8 Å². The van der Waals surface area contributed by atoms with Crippen molar-refractivity contribution in [3.05, 3.63) is 26.2 Å². The summed E-state index contributed by atoms with van der Waals surface area (Å²) in [6.07, 6.45) is 0.324. The van der Waals surface area contributed by atoms with Crippen LogP contribution >= 0.6 is 38.5 Å². The van der Waals surface area contributed by atoms with Crippen LogP contribution in [-0.4, -0.2) is 24.8 Å². The van der Waals surface area contributed by atoms with E-state index in [4.69, 9.17) is 9.47 Å². The Morgan fingerprint density at radius 3 is 2.70 bits per heavy atom. The fourth-order valence-electron chi connectivity index (χ4n) is 1.35. The quantitative estimate of drug-likeness (QED) is 0.530. The highest BCUT2D eigenvalue weighted by Crippen LogP contribution is 2.26. The molecule has 20 heavy (non-hydrogen) atoms. The van der Waals surface area contributed by atoms with Crippen LogP contribution in [0.2, 0.25) is 0 Å². The summed E-state index contributed by atoms with van der Waals surface area (Å²) < 4.78 is 12.8. The molecule has 0 unspecified atom stereocenters. The van der Waals surface area contributed by atoms with Crippen molar-refractivity contribution in [1.82, 2.24) is 5.32 Å². The molecule has 0 spiro atoms. The zero-order valence-corrected chi connectivity index (χ0v) is 15.6. The third kappa shape index (κ3) is 7.33. The molecule has 0 atom stereocenters. The number of alkyl carbamates (subject to hydrolysis) is 1. The number of nitrogens with one attached hydrogen (secondary N) is 1. The number of halogens is 2. The second kappa shape index (κ2) is 8.07. The van der Waals surface area contributed by atoms with E-state index in [1.54, 1.807) is 0 Å². The molecule has 0 aliphatic carbocycles. The van der Waals surface area contributed by atoms with Crippen LogP contribution in [0.3, 0.4) is 0 Å². The Bertz CT molecular complexity index is 460. The van der Waals surface area contributed by atoms with E-state index in [-0.39, 0.29) is 0 Å². The van der Waals surface area contributed by atoms with E-state index in [0.29, 0.717) is 13.2 Å².